The molecule has 0 heterocycles. The lowest BCUT2D eigenvalue weighted by atomic mass is 9.91. The minimum atomic E-state index is -0.447. The van der Waals surface area contributed by atoms with Gasteiger partial charge in [-0.25, -0.2) is 0 Å². The van der Waals surface area contributed by atoms with Crippen LogP contribution < -0.4 is 11.1 Å². The normalized spacial score (nSPS) is 18.4. The maximum atomic E-state index is 11.8. The Balaban J connectivity index is 0.00000180. The van der Waals surface area contributed by atoms with E-state index in [2.05, 4.69) is 17.4 Å². The highest BCUT2D eigenvalue weighted by Gasteiger charge is 2.28. The van der Waals surface area contributed by atoms with Crippen LogP contribution in [0.25, 0.3) is 0 Å². The Kier molecular flexibility index (Phi) is 6.32. The predicted octanol–water partition coefficient (Wildman–Crippen LogP) is 2.80. The molecule has 2 atom stereocenters. The predicted molar refractivity (Wildman–Crippen MR) is 80.2 cm³/mol. The highest BCUT2D eigenvalue weighted by atomic mass is 35.5. The van der Waals surface area contributed by atoms with E-state index in [1.165, 1.54) is 31.2 Å². The van der Waals surface area contributed by atoms with Crippen molar-refractivity contribution < 1.29 is 4.79 Å². The topological polar surface area (TPSA) is 55.1 Å². The molecule has 106 valence electrons. The van der Waals surface area contributed by atoms with Gasteiger partial charge < -0.3 is 11.1 Å². The average molecular weight is 283 g/mol. The highest BCUT2D eigenvalue weighted by molar-refractivity contribution is 5.85. The van der Waals surface area contributed by atoms with Crippen molar-refractivity contribution >= 4 is 18.3 Å². The summed E-state index contributed by atoms with van der Waals surface area (Å²) >= 11 is 0. The van der Waals surface area contributed by atoms with Gasteiger partial charge in [-0.05, 0) is 31.2 Å². The molecule has 1 fully saturated rings. The summed E-state index contributed by atoms with van der Waals surface area (Å²) < 4.78 is 0. The second kappa shape index (κ2) is 7.51. The summed E-state index contributed by atoms with van der Waals surface area (Å²) in [6.45, 7) is 1.73. The van der Waals surface area contributed by atoms with Gasteiger partial charge in [-0.15, -0.1) is 12.4 Å². The number of hydrogen-bond donors (Lipinski definition) is 2. The SMILES string of the molecule is C[C@@H](N)C(=O)NC(c1ccccc1)C1CCCC1.Cl. The second-order valence-corrected chi connectivity index (χ2v) is 5.23. The molecule has 0 saturated heterocycles. The first-order valence-corrected chi connectivity index (χ1v) is 6.79. The van der Waals surface area contributed by atoms with Crippen molar-refractivity contribution in [2.45, 2.75) is 44.7 Å². The molecule has 1 unspecified atom stereocenters. The minimum absolute atomic E-state index is 0. The van der Waals surface area contributed by atoms with Gasteiger partial charge in [0.05, 0.1) is 12.1 Å². The Hall–Kier alpha value is -1.06. The van der Waals surface area contributed by atoms with Crippen LogP contribution in [0.2, 0.25) is 0 Å². The summed E-state index contributed by atoms with van der Waals surface area (Å²) in [4.78, 5) is 11.8. The molecular formula is C15H23ClN2O. The number of carbonyl (C=O) groups is 1. The summed E-state index contributed by atoms with van der Waals surface area (Å²) in [6.07, 6.45) is 4.92. The summed E-state index contributed by atoms with van der Waals surface area (Å²) in [7, 11) is 0. The largest absolute Gasteiger partial charge is 0.348 e. The summed E-state index contributed by atoms with van der Waals surface area (Å²) in [5, 5.41) is 3.11. The maximum Gasteiger partial charge on any atom is 0.237 e. The van der Waals surface area contributed by atoms with Crippen LogP contribution in [-0.4, -0.2) is 11.9 Å². The van der Waals surface area contributed by atoms with Crippen molar-refractivity contribution in [1.82, 2.24) is 5.32 Å². The Morgan fingerprint density at radius 1 is 1.26 bits per heavy atom. The third-order valence-corrected chi connectivity index (χ3v) is 3.74. The van der Waals surface area contributed by atoms with Crippen LogP contribution in [0.4, 0.5) is 0 Å². The number of halogens is 1. The van der Waals surface area contributed by atoms with Crippen molar-refractivity contribution in [2.24, 2.45) is 11.7 Å². The molecule has 0 bridgehead atoms. The molecule has 1 aromatic carbocycles. The van der Waals surface area contributed by atoms with E-state index in [0.29, 0.717) is 5.92 Å². The molecule has 2 rings (SSSR count). The van der Waals surface area contributed by atoms with Crippen LogP contribution in [0, 0.1) is 5.92 Å². The smallest absolute Gasteiger partial charge is 0.237 e. The van der Waals surface area contributed by atoms with Gasteiger partial charge in [0.1, 0.15) is 0 Å². The number of amides is 1. The molecule has 3 nitrogen and oxygen atoms in total. The molecule has 0 spiro atoms. The molecular weight excluding hydrogens is 260 g/mol. The zero-order valence-corrected chi connectivity index (χ0v) is 12.2. The number of hydrogen-bond acceptors (Lipinski definition) is 2. The zero-order valence-electron chi connectivity index (χ0n) is 11.3. The van der Waals surface area contributed by atoms with E-state index >= 15 is 0 Å². The molecule has 1 amide bonds. The summed E-state index contributed by atoms with van der Waals surface area (Å²) in [5.74, 6) is 0.492. The van der Waals surface area contributed by atoms with Crippen LogP contribution in [0.3, 0.4) is 0 Å². The van der Waals surface area contributed by atoms with Crippen LogP contribution in [0.1, 0.15) is 44.2 Å². The molecule has 3 N–H and O–H groups in total. The van der Waals surface area contributed by atoms with E-state index in [-0.39, 0.29) is 24.4 Å². The minimum Gasteiger partial charge on any atom is -0.348 e. The monoisotopic (exact) mass is 282 g/mol. The Morgan fingerprint density at radius 3 is 2.37 bits per heavy atom. The lowest BCUT2D eigenvalue weighted by Gasteiger charge is -2.26. The van der Waals surface area contributed by atoms with Crippen molar-refractivity contribution in [3.8, 4) is 0 Å². The zero-order chi connectivity index (χ0) is 13.0. The Labute approximate surface area is 121 Å². The van der Waals surface area contributed by atoms with Crippen LogP contribution >= 0.6 is 12.4 Å². The van der Waals surface area contributed by atoms with E-state index < -0.39 is 6.04 Å². The number of nitrogens with two attached hydrogens (primary N) is 1. The van der Waals surface area contributed by atoms with E-state index in [1.54, 1.807) is 6.92 Å². The Morgan fingerprint density at radius 2 is 1.84 bits per heavy atom. The molecule has 19 heavy (non-hydrogen) atoms. The van der Waals surface area contributed by atoms with Gasteiger partial charge in [-0.2, -0.15) is 0 Å². The number of rotatable bonds is 4. The third-order valence-electron chi connectivity index (χ3n) is 3.74. The van der Waals surface area contributed by atoms with Crippen molar-refractivity contribution in [2.75, 3.05) is 0 Å². The van der Waals surface area contributed by atoms with Crippen molar-refractivity contribution in [1.29, 1.82) is 0 Å². The number of carbonyl (C=O) groups excluding carboxylic acids is 1. The molecule has 0 aromatic heterocycles. The van der Waals surface area contributed by atoms with Gasteiger partial charge in [0.15, 0.2) is 0 Å². The average Bonchev–Trinajstić information content (AvgIpc) is 2.90. The van der Waals surface area contributed by atoms with Gasteiger partial charge in [0.25, 0.3) is 0 Å². The molecule has 1 aliphatic carbocycles. The lowest BCUT2D eigenvalue weighted by molar-refractivity contribution is -0.123. The molecule has 1 saturated carbocycles. The first-order valence-electron chi connectivity index (χ1n) is 6.79. The maximum absolute atomic E-state index is 11.8. The first kappa shape index (κ1) is 16.0. The highest BCUT2D eigenvalue weighted by Crippen LogP contribution is 2.35. The number of benzene rings is 1. The molecule has 0 aliphatic heterocycles. The third kappa shape index (κ3) is 4.22. The van der Waals surface area contributed by atoms with Crippen LogP contribution in [0.5, 0.6) is 0 Å². The second-order valence-electron chi connectivity index (χ2n) is 5.23. The van der Waals surface area contributed by atoms with E-state index in [0.717, 1.165) is 0 Å². The summed E-state index contributed by atoms with van der Waals surface area (Å²) in [6, 6.07) is 9.90. The van der Waals surface area contributed by atoms with Gasteiger partial charge in [0, 0.05) is 0 Å². The first-order chi connectivity index (χ1) is 8.68. The molecule has 1 aromatic rings. The molecule has 0 radical (unpaired) electrons. The van der Waals surface area contributed by atoms with Crippen LogP contribution in [0.15, 0.2) is 30.3 Å². The summed E-state index contributed by atoms with van der Waals surface area (Å²) in [5.41, 5.74) is 6.84. The van der Waals surface area contributed by atoms with Gasteiger partial charge in [-0.1, -0.05) is 43.2 Å². The molecule has 1 aliphatic rings. The Bertz CT molecular complexity index is 388. The fourth-order valence-corrected chi connectivity index (χ4v) is 2.71. The molecule has 4 heteroatoms. The van der Waals surface area contributed by atoms with E-state index in [9.17, 15) is 4.79 Å². The quantitative estimate of drug-likeness (QED) is 0.892. The standard InChI is InChI=1S/C15H22N2O.ClH/c1-11(16)15(18)17-14(13-9-5-6-10-13)12-7-3-2-4-8-12;/h2-4,7-8,11,13-14H,5-6,9-10,16H2,1H3,(H,17,18);1H/t11-,14?;/m1./s1. The fraction of sp³-hybridized carbons (Fsp3) is 0.533. The van der Waals surface area contributed by atoms with Crippen LogP contribution in [-0.2, 0) is 4.79 Å². The number of nitrogens with one attached hydrogen (secondary N) is 1. The van der Waals surface area contributed by atoms with Crippen molar-refractivity contribution in [3.63, 3.8) is 0 Å². The van der Waals surface area contributed by atoms with Gasteiger partial charge in [0.2, 0.25) is 5.91 Å². The van der Waals surface area contributed by atoms with E-state index in [1.807, 2.05) is 18.2 Å². The van der Waals surface area contributed by atoms with Crippen molar-refractivity contribution in [3.05, 3.63) is 35.9 Å². The lowest BCUT2D eigenvalue weighted by Crippen LogP contribution is -2.42. The van der Waals surface area contributed by atoms with E-state index in [4.69, 9.17) is 5.73 Å². The fourth-order valence-electron chi connectivity index (χ4n) is 2.71. The van der Waals surface area contributed by atoms with Gasteiger partial charge >= 0.3 is 0 Å². The van der Waals surface area contributed by atoms with Gasteiger partial charge in [-0.3, -0.25) is 4.79 Å².